The number of aryl methyl sites for hydroxylation is 1. The number of halogens is 1. The fourth-order valence-corrected chi connectivity index (χ4v) is 2.20. The van der Waals surface area contributed by atoms with Gasteiger partial charge in [0.25, 0.3) is 5.91 Å². The maximum atomic E-state index is 13.0. The van der Waals surface area contributed by atoms with Crippen molar-refractivity contribution in [1.82, 2.24) is 20.1 Å². The first-order chi connectivity index (χ1) is 11.3. The molecule has 0 bridgehead atoms. The smallest absolute Gasteiger partial charge is 0.326 e. The number of hydrogen-bond acceptors (Lipinski definition) is 4. The van der Waals surface area contributed by atoms with E-state index in [1.165, 1.54) is 28.9 Å². The van der Waals surface area contributed by atoms with Crippen LogP contribution in [0.4, 0.5) is 4.39 Å². The molecule has 1 heterocycles. The number of amides is 1. The Balaban J connectivity index is 2.23. The zero-order chi connectivity index (χ0) is 17.9. The van der Waals surface area contributed by atoms with Gasteiger partial charge in [0.05, 0.1) is 5.69 Å². The quantitative estimate of drug-likeness (QED) is 0.841. The second-order valence-electron chi connectivity index (χ2n) is 5.55. The average Bonchev–Trinajstić information content (AvgIpc) is 2.94. The van der Waals surface area contributed by atoms with Gasteiger partial charge in [0.2, 0.25) is 5.82 Å². The van der Waals surface area contributed by atoms with Crippen LogP contribution in [-0.2, 0) is 4.79 Å². The first kappa shape index (κ1) is 17.6. The number of aromatic nitrogens is 3. The third-order valence-corrected chi connectivity index (χ3v) is 3.81. The Hall–Kier alpha value is -2.77. The van der Waals surface area contributed by atoms with E-state index in [1.54, 1.807) is 13.8 Å². The van der Waals surface area contributed by atoms with Crippen LogP contribution in [0.2, 0.25) is 0 Å². The summed E-state index contributed by atoms with van der Waals surface area (Å²) in [5.74, 6) is -2.08. The van der Waals surface area contributed by atoms with Crippen molar-refractivity contribution < 1.29 is 19.1 Å². The van der Waals surface area contributed by atoms with E-state index in [1.807, 2.05) is 6.92 Å². The van der Waals surface area contributed by atoms with E-state index in [4.69, 9.17) is 0 Å². The van der Waals surface area contributed by atoms with Crippen LogP contribution in [0.1, 0.15) is 36.7 Å². The van der Waals surface area contributed by atoms with Gasteiger partial charge in [-0.15, -0.1) is 5.10 Å². The minimum atomic E-state index is -1.10. The molecule has 0 fully saturated rings. The fourth-order valence-electron chi connectivity index (χ4n) is 2.20. The van der Waals surface area contributed by atoms with E-state index in [-0.39, 0.29) is 17.6 Å². The van der Waals surface area contributed by atoms with Crippen molar-refractivity contribution in [1.29, 1.82) is 0 Å². The standard InChI is InChI=1S/C16H19FN4O3/c1-4-9(2)13(16(23)24)19-15(22)14-18-10(3)21(20-14)12-7-5-11(17)6-8-12/h5-9,13H,4H2,1-3H3,(H,19,22)(H,23,24)/t9-,13-/m0/s1. The van der Waals surface area contributed by atoms with Crippen LogP contribution in [0.3, 0.4) is 0 Å². The number of nitrogens with one attached hydrogen (secondary N) is 1. The first-order valence-corrected chi connectivity index (χ1v) is 7.56. The Labute approximate surface area is 138 Å². The van der Waals surface area contributed by atoms with Crippen LogP contribution in [0.25, 0.3) is 5.69 Å². The number of rotatable bonds is 6. The van der Waals surface area contributed by atoms with Crippen molar-refractivity contribution in [2.24, 2.45) is 5.92 Å². The molecular weight excluding hydrogens is 315 g/mol. The summed E-state index contributed by atoms with van der Waals surface area (Å²) < 4.78 is 14.4. The second kappa shape index (κ2) is 7.20. The predicted molar refractivity (Wildman–Crippen MR) is 84.4 cm³/mol. The molecule has 0 aliphatic carbocycles. The maximum Gasteiger partial charge on any atom is 0.326 e. The number of benzene rings is 1. The Kier molecular flexibility index (Phi) is 5.28. The van der Waals surface area contributed by atoms with Gasteiger partial charge >= 0.3 is 5.97 Å². The highest BCUT2D eigenvalue weighted by atomic mass is 19.1. The summed E-state index contributed by atoms with van der Waals surface area (Å²) in [7, 11) is 0. The summed E-state index contributed by atoms with van der Waals surface area (Å²) in [6, 6.07) is 4.57. The molecule has 0 saturated carbocycles. The summed E-state index contributed by atoms with van der Waals surface area (Å²) in [5.41, 5.74) is 0.553. The topological polar surface area (TPSA) is 97.1 Å². The van der Waals surface area contributed by atoms with Crippen molar-refractivity contribution in [2.75, 3.05) is 0 Å². The zero-order valence-electron chi connectivity index (χ0n) is 13.7. The summed E-state index contributed by atoms with van der Waals surface area (Å²) >= 11 is 0. The molecule has 7 nitrogen and oxygen atoms in total. The molecule has 0 saturated heterocycles. The van der Waals surface area contributed by atoms with Gasteiger partial charge in [-0.25, -0.2) is 18.9 Å². The van der Waals surface area contributed by atoms with E-state index in [0.717, 1.165) is 0 Å². The number of carbonyl (C=O) groups is 2. The Morgan fingerprint density at radius 1 is 1.33 bits per heavy atom. The number of nitrogens with zero attached hydrogens (tertiary/aromatic N) is 3. The van der Waals surface area contributed by atoms with Crippen LogP contribution in [0.5, 0.6) is 0 Å². The third-order valence-electron chi connectivity index (χ3n) is 3.81. The number of hydrogen-bond donors (Lipinski definition) is 2. The molecule has 1 aromatic heterocycles. The van der Waals surface area contributed by atoms with Crippen molar-refractivity contribution in [3.8, 4) is 5.69 Å². The summed E-state index contributed by atoms with van der Waals surface area (Å²) in [5, 5.41) is 15.8. The number of aliphatic carboxylic acids is 1. The average molecular weight is 334 g/mol. The Morgan fingerprint density at radius 2 is 1.96 bits per heavy atom. The minimum Gasteiger partial charge on any atom is -0.480 e. The molecule has 0 radical (unpaired) electrons. The zero-order valence-corrected chi connectivity index (χ0v) is 13.7. The van der Waals surface area contributed by atoms with Crippen LogP contribution in [-0.4, -0.2) is 37.8 Å². The van der Waals surface area contributed by atoms with Gasteiger partial charge in [0.1, 0.15) is 17.7 Å². The van der Waals surface area contributed by atoms with Crippen LogP contribution in [0.15, 0.2) is 24.3 Å². The predicted octanol–water partition coefficient (Wildman–Crippen LogP) is 1.94. The van der Waals surface area contributed by atoms with Gasteiger partial charge in [-0.3, -0.25) is 4.79 Å². The maximum absolute atomic E-state index is 13.0. The lowest BCUT2D eigenvalue weighted by Gasteiger charge is -2.19. The molecule has 8 heteroatoms. The molecule has 2 N–H and O–H groups in total. The van der Waals surface area contributed by atoms with Crippen molar-refractivity contribution in [2.45, 2.75) is 33.2 Å². The molecule has 0 spiro atoms. The van der Waals surface area contributed by atoms with Crippen molar-refractivity contribution in [3.63, 3.8) is 0 Å². The fraction of sp³-hybridized carbons (Fsp3) is 0.375. The number of carbonyl (C=O) groups excluding carboxylic acids is 1. The van der Waals surface area contributed by atoms with Gasteiger partial charge in [-0.05, 0) is 37.1 Å². The third kappa shape index (κ3) is 3.76. The molecule has 128 valence electrons. The molecule has 24 heavy (non-hydrogen) atoms. The highest BCUT2D eigenvalue weighted by molar-refractivity contribution is 5.93. The van der Waals surface area contributed by atoms with Crippen LogP contribution < -0.4 is 5.32 Å². The van der Waals surface area contributed by atoms with E-state index >= 15 is 0 Å². The SMILES string of the molecule is CC[C@H](C)[C@H](NC(=O)c1nc(C)n(-c2ccc(F)cc2)n1)C(=O)O. The van der Waals surface area contributed by atoms with Gasteiger partial charge in [-0.2, -0.15) is 0 Å². The van der Waals surface area contributed by atoms with Gasteiger partial charge in [0, 0.05) is 0 Å². The number of carboxylic acid groups (broad SMARTS) is 1. The minimum absolute atomic E-state index is 0.133. The molecule has 1 aromatic carbocycles. The normalized spacial score (nSPS) is 13.3. The van der Waals surface area contributed by atoms with Gasteiger partial charge in [-0.1, -0.05) is 20.3 Å². The lowest BCUT2D eigenvalue weighted by molar-refractivity contribution is -0.140. The van der Waals surface area contributed by atoms with E-state index in [9.17, 15) is 19.1 Å². The summed E-state index contributed by atoms with van der Waals surface area (Å²) in [4.78, 5) is 27.6. The first-order valence-electron chi connectivity index (χ1n) is 7.56. The van der Waals surface area contributed by atoms with Gasteiger partial charge in [0.15, 0.2) is 0 Å². The van der Waals surface area contributed by atoms with E-state index in [0.29, 0.717) is 17.9 Å². The lowest BCUT2D eigenvalue weighted by Crippen LogP contribution is -2.45. The molecule has 2 rings (SSSR count). The Bertz CT molecular complexity index is 742. The largest absolute Gasteiger partial charge is 0.480 e. The van der Waals surface area contributed by atoms with Crippen molar-refractivity contribution in [3.05, 3.63) is 41.7 Å². The highest BCUT2D eigenvalue weighted by Crippen LogP contribution is 2.12. The second-order valence-corrected chi connectivity index (χ2v) is 5.55. The van der Waals surface area contributed by atoms with E-state index < -0.39 is 17.9 Å². The summed E-state index contributed by atoms with van der Waals surface area (Å²) in [6.45, 7) is 5.24. The molecule has 2 aromatic rings. The van der Waals surface area contributed by atoms with Crippen LogP contribution in [0, 0.1) is 18.7 Å². The lowest BCUT2D eigenvalue weighted by atomic mass is 9.99. The van der Waals surface area contributed by atoms with E-state index in [2.05, 4.69) is 15.4 Å². The number of carboxylic acids is 1. The molecular formula is C16H19FN4O3. The summed E-state index contributed by atoms with van der Waals surface area (Å²) in [6.07, 6.45) is 0.605. The monoisotopic (exact) mass is 334 g/mol. The molecule has 0 aliphatic heterocycles. The van der Waals surface area contributed by atoms with Crippen molar-refractivity contribution >= 4 is 11.9 Å². The molecule has 1 amide bonds. The molecule has 0 aliphatic rings. The highest BCUT2D eigenvalue weighted by Gasteiger charge is 2.27. The molecule has 0 unspecified atom stereocenters. The van der Waals surface area contributed by atoms with Crippen LogP contribution >= 0.6 is 0 Å². The Morgan fingerprint density at radius 3 is 2.50 bits per heavy atom. The molecule has 2 atom stereocenters. The van der Waals surface area contributed by atoms with Gasteiger partial charge < -0.3 is 10.4 Å².